The van der Waals surface area contributed by atoms with Gasteiger partial charge in [0.2, 0.25) is 10.0 Å². The summed E-state index contributed by atoms with van der Waals surface area (Å²) in [5, 5.41) is 0. The van der Waals surface area contributed by atoms with Crippen LogP contribution in [-0.4, -0.2) is 28.7 Å². The number of rotatable bonds is 5. The van der Waals surface area contributed by atoms with Gasteiger partial charge in [-0.25, -0.2) is 13.1 Å². The molecule has 1 saturated carbocycles. The van der Waals surface area contributed by atoms with Crippen LogP contribution in [0, 0.1) is 11.3 Å². The number of hydrogen-bond donors (Lipinski definition) is 1. The van der Waals surface area contributed by atoms with Crippen molar-refractivity contribution >= 4 is 10.0 Å². The summed E-state index contributed by atoms with van der Waals surface area (Å²) in [7, 11) is -0.688. The number of ether oxygens (including phenoxy) is 2. The molecule has 0 heterocycles. The van der Waals surface area contributed by atoms with Crippen molar-refractivity contribution in [1.82, 2.24) is 4.72 Å². The minimum atomic E-state index is -3.66. The first-order valence-electron chi connectivity index (χ1n) is 7.91. The molecular weight excluding hydrogens is 314 g/mol. The van der Waals surface area contributed by atoms with Crippen molar-refractivity contribution in [3.8, 4) is 11.5 Å². The standard InChI is InChI=1S/C17H27NO4S/c1-12-8-13(11-17(2,3)10-12)18-23(19,20)16-9-14(21-4)6-7-15(16)22-5/h6-7,9,12-13,18H,8,10-11H2,1-5H3. The molecule has 1 aliphatic carbocycles. The zero-order chi connectivity index (χ0) is 17.3. The van der Waals surface area contributed by atoms with Crippen molar-refractivity contribution in [2.45, 2.75) is 51.0 Å². The Bertz CT molecular complexity index is 655. The molecule has 0 aromatic heterocycles. The van der Waals surface area contributed by atoms with E-state index in [-0.39, 0.29) is 16.4 Å². The molecule has 0 aliphatic heterocycles. The van der Waals surface area contributed by atoms with Crippen LogP contribution in [0.1, 0.15) is 40.0 Å². The van der Waals surface area contributed by atoms with Crippen LogP contribution in [0.2, 0.25) is 0 Å². The van der Waals surface area contributed by atoms with Gasteiger partial charge in [0, 0.05) is 12.1 Å². The lowest BCUT2D eigenvalue weighted by atomic mass is 9.71. The van der Waals surface area contributed by atoms with Crippen LogP contribution in [0.5, 0.6) is 11.5 Å². The molecular formula is C17H27NO4S. The average Bonchev–Trinajstić information content (AvgIpc) is 2.43. The number of nitrogens with one attached hydrogen (secondary N) is 1. The minimum Gasteiger partial charge on any atom is -0.497 e. The molecule has 2 unspecified atom stereocenters. The Morgan fingerprint density at radius 1 is 1.17 bits per heavy atom. The smallest absolute Gasteiger partial charge is 0.244 e. The van der Waals surface area contributed by atoms with Gasteiger partial charge in [-0.3, -0.25) is 0 Å². The summed E-state index contributed by atoms with van der Waals surface area (Å²) in [6, 6.07) is 4.73. The van der Waals surface area contributed by atoms with E-state index in [0.717, 1.165) is 19.3 Å². The van der Waals surface area contributed by atoms with E-state index in [1.54, 1.807) is 12.1 Å². The molecule has 2 rings (SSSR count). The number of sulfonamides is 1. The zero-order valence-corrected chi connectivity index (χ0v) is 15.4. The van der Waals surface area contributed by atoms with E-state index in [1.165, 1.54) is 20.3 Å². The second-order valence-corrected chi connectivity index (χ2v) is 8.93. The summed E-state index contributed by atoms with van der Waals surface area (Å²) >= 11 is 0. The third kappa shape index (κ3) is 4.38. The highest BCUT2D eigenvalue weighted by Crippen LogP contribution is 2.39. The van der Waals surface area contributed by atoms with Gasteiger partial charge in [-0.1, -0.05) is 20.8 Å². The Kier molecular flexibility index (Phi) is 5.26. The number of benzene rings is 1. The van der Waals surface area contributed by atoms with E-state index in [4.69, 9.17) is 9.47 Å². The molecule has 23 heavy (non-hydrogen) atoms. The fourth-order valence-corrected chi connectivity index (χ4v) is 5.15. The largest absolute Gasteiger partial charge is 0.497 e. The van der Waals surface area contributed by atoms with E-state index in [2.05, 4.69) is 25.5 Å². The van der Waals surface area contributed by atoms with Crippen molar-refractivity contribution in [3.05, 3.63) is 18.2 Å². The molecule has 1 N–H and O–H groups in total. The highest BCUT2D eigenvalue weighted by molar-refractivity contribution is 7.89. The fourth-order valence-electron chi connectivity index (χ4n) is 3.71. The third-order valence-corrected chi connectivity index (χ3v) is 5.91. The average molecular weight is 341 g/mol. The van der Waals surface area contributed by atoms with E-state index in [9.17, 15) is 8.42 Å². The molecule has 0 amide bonds. The van der Waals surface area contributed by atoms with Crippen LogP contribution < -0.4 is 14.2 Å². The summed E-state index contributed by atoms with van der Waals surface area (Å²) in [5.41, 5.74) is 0.142. The summed E-state index contributed by atoms with van der Waals surface area (Å²) in [5.74, 6) is 1.31. The molecule has 6 heteroatoms. The summed E-state index contributed by atoms with van der Waals surface area (Å²) in [6.07, 6.45) is 2.81. The van der Waals surface area contributed by atoms with E-state index >= 15 is 0 Å². The lowest BCUT2D eigenvalue weighted by molar-refractivity contribution is 0.163. The van der Waals surface area contributed by atoms with Crippen LogP contribution in [0.15, 0.2) is 23.1 Å². The Hall–Kier alpha value is -1.27. The van der Waals surface area contributed by atoms with Crippen LogP contribution in [0.3, 0.4) is 0 Å². The third-order valence-electron chi connectivity index (χ3n) is 4.37. The first-order valence-corrected chi connectivity index (χ1v) is 9.39. The topological polar surface area (TPSA) is 64.6 Å². The SMILES string of the molecule is COc1ccc(OC)c(S(=O)(=O)NC2CC(C)CC(C)(C)C2)c1. The first kappa shape index (κ1) is 18.1. The summed E-state index contributed by atoms with van der Waals surface area (Å²) in [6.45, 7) is 6.56. The number of methoxy groups -OCH3 is 2. The fraction of sp³-hybridized carbons (Fsp3) is 0.647. The van der Waals surface area contributed by atoms with Crippen LogP contribution in [-0.2, 0) is 10.0 Å². The Balaban J connectivity index is 2.28. The molecule has 0 radical (unpaired) electrons. The maximum Gasteiger partial charge on any atom is 0.244 e. The Morgan fingerprint density at radius 3 is 2.43 bits per heavy atom. The number of hydrogen-bond acceptors (Lipinski definition) is 4. The molecule has 0 saturated heterocycles. The maximum absolute atomic E-state index is 12.8. The van der Waals surface area contributed by atoms with Crippen molar-refractivity contribution in [1.29, 1.82) is 0 Å². The second-order valence-electron chi connectivity index (χ2n) is 7.25. The van der Waals surface area contributed by atoms with E-state index < -0.39 is 10.0 Å². The highest BCUT2D eigenvalue weighted by Gasteiger charge is 2.35. The molecule has 5 nitrogen and oxygen atoms in total. The maximum atomic E-state index is 12.8. The quantitative estimate of drug-likeness (QED) is 0.893. The van der Waals surface area contributed by atoms with Gasteiger partial charge in [0.05, 0.1) is 14.2 Å². The van der Waals surface area contributed by atoms with Crippen molar-refractivity contribution in [2.24, 2.45) is 11.3 Å². The van der Waals surface area contributed by atoms with Crippen molar-refractivity contribution in [3.63, 3.8) is 0 Å². The zero-order valence-electron chi connectivity index (χ0n) is 14.5. The van der Waals surface area contributed by atoms with Crippen molar-refractivity contribution < 1.29 is 17.9 Å². The van der Waals surface area contributed by atoms with Gasteiger partial charge in [-0.15, -0.1) is 0 Å². The van der Waals surface area contributed by atoms with Gasteiger partial charge in [0.25, 0.3) is 0 Å². The monoisotopic (exact) mass is 341 g/mol. The van der Waals surface area contributed by atoms with Gasteiger partial charge in [0.15, 0.2) is 0 Å². The molecule has 130 valence electrons. The van der Waals surface area contributed by atoms with Gasteiger partial charge < -0.3 is 9.47 Å². The van der Waals surface area contributed by atoms with Gasteiger partial charge in [-0.2, -0.15) is 0 Å². The summed E-state index contributed by atoms with van der Waals surface area (Å²) < 4.78 is 38.8. The normalized spacial score (nSPS) is 24.2. The van der Waals surface area contributed by atoms with Gasteiger partial charge >= 0.3 is 0 Å². The molecule has 1 fully saturated rings. The van der Waals surface area contributed by atoms with E-state index in [0.29, 0.717) is 17.4 Å². The van der Waals surface area contributed by atoms with Crippen molar-refractivity contribution in [2.75, 3.05) is 14.2 Å². The predicted octanol–water partition coefficient (Wildman–Crippen LogP) is 3.20. The first-order chi connectivity index (χ1) is 10.7. The van der Waals surface area contributed by atoms with Gasteiger partial charge in [0.1, 0.15) is 16.4 Å². The van der Waals surface area contributed by atoms with Gasteiger partial charge in [-0.05, 0) is 42.7 Å². The van der Waals surface area contributed by atoms with Crippen LogP contribution >= 0.6 is 0 Å². The summed E-state index contributed by atoms with van der Waals surface area (Å²) in [4.78, 5) is 0.121. The molecule has 2 atom stereocenters. The van der Waals surface area contributed by atoms with E-state index in [1.807, 2.05) is 0 Å². The van der Waals surface area contributed by atoms with Crippen LogP contribution in [0.4, 0.5) is 0 Å². The Labute approximate surface area is 139 Å². The predicted molar refractivity (Wildman–Crippen MR) is 90.5 cm³/mol. The molecule has 1 aliphatic rings. The lowest BCUT2D eigenvalue weighted by Crippen LogP contribution is -2.42. The molecule has 1 aromatic carbocycles. The Morgan fingerprint density at radius 2 is 1.87 bits per heavy atom. The molecule has 0 spiro atoms. The molecule has 1 aromatic rings. The lowest BCUT2D eigenvalue weighted by Gasteiger charge is -2.39. The second kappa shape index (κ2) is 6.69. The van der Waals surface area contributed by atoms with Crippen LogP contribution in [0.25, 0.3) is 0 Å². The molecule has 0 bridgehead atoms. The highest BCUT2D eigenvalue weighted by atomic mass is 32.2. The minimum absolute atomic E-state index is 0.0605.